The van der Waals surface area contributed by atoms with E-state index in [9.17, 15) is 17.6 Å². The molecule has 0 saturated carbocycles. The number of amides is 1. The van der Waals surface area contributed by atoms with Crippen LogP contribution in [0.3, 0.4) is 0 Å². The maximum absolute atomic E-state index is 13.9. The molecule has 4 rings (SSSR count). The number of sulfonamides is 1. The number of rotatable bonds is 6. The normalized spacial score (nSPS) is 15.6. The van der Waals surface area contributed by atoms with Crippen LogP contribution in [0.15, 0.2) is 65.7 Å². The van der Waals surface area contributed by atoms with Crippen LogP contribution in [-0.4, -0.2) is 41.5 Å². The summed E-state index contributed by atoms with van der Waals surface area (Å²) < 4.78 is 42.2. The highest BCUT2D eigenvalue weighted by atomic mass is 35.5. The van der Waals surface area contributed by atoms with Gasteiger partial charge in [0.1, 0.15) is 10.8 Å². The number of nitrogens with zero attached hydrogens (tertiary/aromatic N) is 3. The van der Waals surface area contributed by atoms with Gasteiger partial charge in [0.15, 0.2) is 5.82 Å². The number of hydrogen-bond donors (Lipinski definition) is 1. The van der Waals surface area contributed by atoms with E-state index in [1.165, 1.54) is 21.3 Å². The Morgan fingerprint density at radius 3 is 2.44 bits per heavy atom. The van der Waals surface area contributed by atoms with E-state index in [-0.39, 0.29) is 53.0 Å². The van der Waals surface area contributed by atoms with Crippen molar-refractivity contribution in [3.63, 3.8) is 0 Å². The van der Waals surface area contributed by atoms with Gasteiger partial charge in [-0.3, -0.25) is 9.48 Å². The van der Waals surface area contributed by atoms with E-state index >= 15 is 0 Å². The summed E-state index contributed by atoms with van der Waals surface area (Å²) in [7, 11) is -3.57. The predicted octanol–water partition coefficient (Wildman–Crippen LogP) is 3.76. The molecule has 1 amide bonds. The Labute approximate surface area is 190 Å². The van der Waals surface area contributed by atoms with Gasteiger partial charge in [0, 0.05) is 30.8 Å². The van der Waals surface area contributed by atoms with Crippen molar-refractivity contribution in [2.24, 2.45) is 5.92 Å². The topological polar surface area (TPSA) is 84.3 Å². The largest absolute Gasteiger partial charge is 0.308 e. The van der Waals surface area contributed by atoms with Crippen molar-refractivity contribution >= 4 is 33.3 Å². The first kappa shape index (κ1) is 22.4. The van der Waals surface area contributed by atoms with Crippen LogP contribution in [0.1, 0.15) is 18.4 Å². The lowest BCUT2D eigenvalue weighted by Crippen LogP contribution is -2.41. The minimum Gasteiger partial charge on any atom is -0.308 e. The number of carbonyl (C=O) groups is 1. The maximum atomic E-state index is 13.9. The minimum atomic E-state index is -3.57. The fraction of sp³-hybridized carbons (Fsp3) is 0.273. The Morgan fingerprint density at radius 1 is 1.09 bits per heavy atom. The molecule has 2 heterocycles. The summed E-state index contributed by atoms with van der Waals surface area (Å²) in [4.78, 5) is 13.0. The van der Waals surface area contributed by atoms with E-state index in [0.29, 0.717) is 18.4 Å². The molecule has 168 valence electrons. The quantitative estimate of drug-likeness (QED) is 0.587. The molecule has 0 aliphatic carbocycles. The molecule has 1 aliphatic rings. The zero-order valence-electron chi connectivity index (χ0n) is 17.1. The summed E-state index contributed by atoms with van der Waals surface area (Å²) >= 11 is 6.21. The average molecular weight is 477 g/mol. The second-order valence-corrected chi connectivity index (χ2v) is 9.94. The molecule has 32 heavy (non-hydrogen) atoms. The molecule has 1 aliphatic heterocycles. The molecule has 0 unspecified atom stereocenters. The highest BCUT2D eigenvalue weighted by Crippen LogP contribution is 2.26. The zero-order valence-corrected chi connectivity index (χ0v) is 18.7. The number of halogens is 2. The first-order chi connectivity index (χ1) is 15.3. The molecular formula is C22H22ClFN4O3S. The van der Waals surface area contributed by atoms with E-state index in [1.54, 1.807) is 48.5 Å². The molecule has 0 atom stereocenters. The summed E-state index contributed by atoms with van der Waals surface area (Å²) in [5.74, 6) is -0.765. The van der Waals surface area contributed by atoms with Gasteiger partial charge in [-0.15, -0.1) is 0 Å². The molecule has 0 bridgehead atoms. The van der Waals surface area contributed by atoms with Crippen molar-refractivity contribution in [2.75, 3.05) is 18.4 Å². The molecule has 2 aromatic carbocycles. The van der Waals surface area contributed by atoms with Crippen LogP contribution >= 0.6 is 11.6 Å². The van der Waals surface area contributed by atoms with E-state index in [2.05, 4.69) is 10.4 Å². The highest BCUT2D eigenvalue weighted by Gasteiger charge is 2.32. The third-order valence-corrected chi connectivity index (χ3v) is 7.64. The van der Waals surface area contributed by atoms with E-state index < -0.39 is 10.0 Å². The van der Waals surface area contributed by atoms with Crippen molar-refractivity contribution < 1.29 is 17.6 Å². The number of nitrogens with one attached hydrogen (secondary N) is 1. The molecule has 1 N–H and O–H groups in total. The van der Waals surface area contributed by atoms with Crippen molar-refractivity contribution in [3.05, 3.63) is 77.2 Å². The summed E-state index contributed by atoms with van der Waals surface area (Å²) in [6, 6.07) is 14.6. The lowest BCUT2D eigenvalue weighted by Gasteiger charge is -2.30. The third kappa shape index (κ3) is 4.85. The third-order valence-electron chi connectivity index (χ3n) is 5.45. The van der Waals surface area contributed by atoms with Gasteiger partial charge < -0.3 is 5.32 Å². The first-order valence-electron chi connectivity index (χ1n) is 10.2. The van der Waals surface area contributed by atoms with Crippen molar-refractivity contribution in [2.45, 2.75) is 24.3 Å². The highest BCUT2D eigenvalue weighted by molar-refractivity contribution is 7.89. The molecule has 1 aromatic heterocycles. The number of carbonyl (C=O) groups excluding carboxylic acids is 1. The standard InChI is InChI=1S/C22H22ClFN4O3S/c23-19-15-27(14-17-6-4-5-9-20(17)24)26-21(19)25-22(29)16-10-12-28(13-11-16)32(30,31)18-7-2-1-3-8-18/h1-9,15-16H,10-14H2,(H,25,26,29). The smallest absolute Gasteiger partial charge is 0.243 e. The molecule has 0 radical (unpaired) electrons. The van der Waals surface area contributed by atoms with Gasteiger partial charge in [-0.05, 0) is 31.0 Å². The second-order valence-electron chi connectivity index (χ2n) is 7.60. The van der Waals surface area contributed by atoms with Crippen LogP contribution in [0.5, 0.6) is 0 Å². The monoisotopic (exact) mass is 476 g/mol. The molecule has 1 saturated heterocycles. The SMILES string of the molecule is O=C(Nc1nn(Cc2ccccc2F)cc1Cl)C1CCN(S(=O)(=O)c2ccccc2)CC1. The number of hydrogen-bond acceptors (Lipinski definition) is 4. The Bertz CT molecular complexity index is 1210. The zero-order chi connectivity index (χ0) is 22.7. The van der Waals surface area contributed by atoms with E-state index in [4.69, 9.17) is 11.6 Å². The van der Waals surface area contributed by atoms with E-state index in [1.807, 2.05) is 0 Å². The fourth-order valence-corrected chi connectivity index (χ4v) is 5.37. The lowest BCUT2D eigenvalue weighted by atomic mass is 9.97. The van der Waals surface area contributed by atoms with Crippen LogP contribution in [0, 0.1) is 11.7 Å². The Morgan fingerprint density at radius 2 is 1.75 bits per heavy atom. The fourth-order valence-electron chi connectivity index (χ4n) is 3.68. The number of benzene rings is 2. The molecule has 0 spiro atoms. The van der Waals surface area contributed by atoms with Gasteiger partial charge in [-0.2, -0.15) is 9.40 Å². The number of anilines is 1. The van der Waals surface area contributed by atoms with Crippen molar-refractivity contribution in [1.82, 2.24) is 14.1 Å². The average Bonchev–Trinajstić information content (AvgIpc) is 3.14. The van der Waals surface area contributed by atoms with Crippen LogP contribution in [0.4, 0.5) is 10.2 Å². The minimum absolute atomic E-state index is 0.179. The van der Waals surface area contributed by atoms with Crippen molar-refractivity contribution in [1.29, 1.82) is 0 Å². The molecule has 10 heteroatoms. The van der Waals surface area contributed by atoms with Crippen LogP contribution in [0.25, 0.3) is 0 Å². The predicted molar refractivity (Wildman–Crippen MR) is 119 cm³/mol. The molecular weight excluding hydrogens is 455 g/mol. The molecule has 7 nitrogen and oxygen atoms in total. The summed E-state index contributed by atoms with van der Waals surface area (Å²) in [5.41, 5.74) is 0.455. The van der Waals surface area contributed by atoms with Crippen LogP contribution in [0.2, 0.25) is 5.02 Å². The Kier molecular flexibility index (Phi) is 6.59. The second kappa shape index (κ2) is 9.40. The Balaban J connectivity index is 1.36. The number of aromatic nitrogens is 2. The van der Waals surface area contributed by atoms with Gasteiger partial charge in [0.2, 0.25) is 15.9 Å². The van der Waals surface area contributed by atoms with Gasteiger partial charge in [0.25, 0.3) is 0 Å². The summed E-state index contributed by atoms with van der Waals surface area (Å²) in [6.45, 7) is 0.688. The first-order valence-corrected chi connectivity index (χ1v) is 12.0. The van der Waals surface area contributed by atoms with Gasteiger partial charge >= 0.3 is 0 Å². The van der Waals surface area contributed by atoms with E-state index in [0.717, 1.165) is 0 Å². The molecule has 1 fully saturated rings. The van der Waals surface area contributed by atoms with Gasteiger partial charge in [-0.1, -0.05) is 48.0 Å². The summed E-state index contributed by atoms with van der Waals surface area (Å²) in [5, 5.41) is 7.22. The van der Waals surface area contributed by atoms with Crippen molar-refractivity contribution in [3.8, 4) is 0 Å². The maximum Gasteiger partial charge on any atom is 0.243 e. The Hall–Kier alpha value is -2.75. The van der Waals surface area contributed by atoms with Crippen LogP contribution in [-0.2, 0) is 21.4 Å². The summed E-state index contributed by atoms with van der Waals surface area (Å²) in [6.07, 6.45) is 2.32. The molecule has 3 aromatic rings. The van der Waals surface area contributed by atoms with Gasteiger partial charge in [-0.25, -0.2) is 12.8 Å². The lowest BCUT2D eigenvalue weighted by molar-refractivity contribution is -0.120. The van der Waals surface area contributed by atoms with Gasteiger partial charge in [0.05, 0.1) is 11.4 Å². The number of piperidine rings is 1. The van der Waals surface area contributed by atoms with Crippen LogP contribution < -0.4 is 5.32 Å².